The molecule has 17 heavy (non-hydrogen) atoms. The summed E-state index contributed by atoms with van der Waals surface area (Å²) in [5, 5.41) is 11.7. The number of nitrogens with two attached hydrogens (primary N) is 1. The standard InChI is InChI=1S/C13H20N2O2/c1-2-11(9-16)15-13(17)8-12(14)10-6-4-3-5-7-10/h3-7,11-12,16H,2,8-9,14H2,1H3,(H,15,17)/t11-,12?/m0/s1. The molecular formula is C13H20N2O2. The van der Waals surface area contributed by atoms with Crippen LogP contribution < -0.4 is 11.1 Å². The summed E-state index contributed by atoms with van der Waals surface area (Å²) >= 11 is 0. The molecule has 0 aromatic heterocycles. The number of hydrogen-bond acceptors (Lipinski definition) is 3. The van der Waals surface area contributed by atoms with Gasteiger partial charge in [-0.25, -0.2) is 0 Å². The first kappa shape index (κ1) is 13.7. The molecule has 2 atom stereocenters. The highest BCUT2D eigenvalue weighted by Crippen LogP contribution is 2.13. The summed E-state index contributed by atoms with van der Waals surface area (Å²) in [5.41, 5.74) is 6.88. The summed E-state index contributed by atoms with van der Waals surface area (Å²) in [4.78, 5) is 11.7. The summed E-state index contributed by atoms with van der Waals surface area (Å²) in [6.45, 7) is 1.88. The molecule has 0 radical (unpaired) electrons. The number of rotatable bonds is 6. The molecule has 0 heterocycles. The SMILES string of the molecule is CC[C@@H](CO)NC(=O)CC(N)c1ccccc1. The zero-order valence-corrected chi connectivity index (χ0v) is 10.1. The van der Waals surface area contributed by atoms with E-state index >= 15 is 0 Å². The highest BCUT2D eigenvalue weighted by Gasteiger charge is 2.14. The first-order valence-corrected chi connectivity index (χ1v) is 5.88. The molecule has 1 rings (SSSR count). The molecule has 0 saturated carbocycles. The Balaban J connectivity index is 2.46. The van der Waals surface area contributed by atoms with Crippen LogP contribution >= 0.6 is 0 Å². The van der Waals surface area contributed by atoms with E-state index < -0.39 is 0 Å². The first-order valence-electron chi connectivity index (χ1n) is 5.88. The second-order valence-electron chi connectivity index (χ2n) is 4.08. The molecule has 0 saturated heterocycles. The average Bonchev–Trinajstić information content (AvgIpc) is 2.37. The number of benzene rings is 1. The highest BCUT2D eigenvalue weighted by atomic mass is 16.3. The third-order valence-electron chi connectivity index (χ3n) is 2.71. The Morgan fingerprint density at radius 2 is 2.06 bits per heavy atom. The molecule has 1 unspecified atom stereocenters. The zero-order chi connectivity index (χ0) is 12.7. The van der Waals surface area contributed by atoms with E-state index in [4.69, 9.17) is 10.8 Å². The minimum absolute atomic E-state index is 0.0389. The molecule has 1 aromatic carbocycles. The Morgan fingerprint density at radius 3 is 2.59 bits per heavy atom. The normalized spacial score (nSPS) is 14.1. The van der Waals surface area contributed by atoms with Crippen LogP contribution in [0, 0.1) is 0 Å². The Labute approximate surface area is 102 Å². The van der Waals surface area contributed by atoms with E-state index in [0.29, 0.717) is 6.42 Å². The van der Waals surface area contributed by atoms with E-state index in [0.717, 1.165) is 5.56 Å². The summed E-state index contributed by atoms with van der Waals surface area (Å²) in [6.07, 6.45) is 0.948. The van der Waals surface area contributed by atoms with Gasteiger partial charge in [0.2, 0.25) is 5.91 Å². The third-order valence-corrected chi connectivity index (χ3v) is 2.71. The summed E-state index contributed by atoms with van der Waals surface area (Å²) in [6, 6.07) is 9.04. The molecule has 4 N–H and O–H groups in total. The lowest BCUT2D eigenvalue weighted by molar-refractivity contribution is -0.122. The van der Waals surface area contributed by atoms with Gasteiger partial charge in [-0.2, -0.15) is 0 Å². The van der Waals surface area contributed by atoms with Crippen molar-refractivity contribution in [1.29, 1.82) is 0 Å². The van der Waals surface area contributed by atoms with E-state index in [9.17, 15) is 4.79 Å². The summed E-state index contributed by atoms with van der Waals surface area (Å²) in [7, 11) is 0. The number of aliphatic hydroxyl groups is 1. The van der Waals surface area contributed by atoms with Crippen molar-refractivity contribution in [1.82, 2.24) is 5.32 Å². The minimum Gasteiger partial charge on any atom is -0.394 e. The van der Waals surface area contributed by atoms with Gasteiger partial charge in [0.25, 0.3) is 0 Å². The van der Waals surface area contributed by atoms with Crippen LogP contribution in [-0.2, 0) is 4.79 Å². The molecule has 1 aromatic rings. The average molecular weight is 236 g/mol. The molecular weight excluding hydrogens is 216 g/mol. The molecule has 0 spiro atoms. The smallest absolute Gasteiger partial charge is 0.222 e. The predicted molar refractivity (Wildman–Crippen MR) is 67.3 cm³/mol. The lowest BCUT2D eigenvalue weighted by Crippen LogP contribution is -2.38. The molecule has 4 heteroatoms. The van der Waals surface area contributed by atoms with E-state index in [2.05, 4.69) is 5.32 Å². The Bertz CT molecular complexity index is 337. The number of carbonyl (C=O) groups excluding carboxylic acids is 1. The van der Waals surface area contributed by atoms with E-state index in [-0.39, 0.29) is 31.0 Å². The lowest BCUT2D eigenvalue weighted by Gasteiger charge is -2.16. The van der Waals surface area contributed by atoms with Crippen molar-refractivity contribution in [2.75, 3.05) is 6.61 Å². The van der Waals surface area contributed by atoms with E-state index in [1.165, 1.54) is 0 Å². The molecule has 0 bridgehead atoms. The summed E-state index contributed by atoms with van der Waals surface area (Å²) < 4.78 is 0. The fourth-order valence-corrected chi connectivity index (χ4v) is 1.58. The van der Waals surface area contributed by atoms with Crippen molar-refractivity contribution < 1.29 is 9.90 Å². The number of nitrogens with one attached hydrogen (secondary N) is 1. The largest absolute Gasteiger partial charge is 0.394 e. The van der Waals surface area contributed by atoms with Crippen molar-refractivity contribution in [2.45, 2.75) is 31.8 Å². The Morgan fingerprint density at radius 1 is 1.41 bits per heavy atom. The maximum atomic E-state index is 11.7. The zero-order valence-electron chi connectivity index (χ0n) is 10.1. The topological polar surface area (TPSA) is 75.3 Å². The van der Waals surface area contributed by atoms with Gasteiger partial charge < -0.3 is 16.2 Å². The Kier molecular flexibility index (Phi) is 5.66. The fraction of sp³-hybridized carbons (Fsp3) is 0.462. The number of carbonyl (C=O) groups is 1. The van der Waals surface area contributed by atoms with Crippen molar-refractivity contribution in [3.05, 3.63) is 35.9 Å². The molecule has 0 aliphatic rings. The maximum absolute atomic E-state index is 11.7. The quantitative estimate of drug-likeness (QED) is 0.688. The van der Waals surface area contributed by atoms with Crippen LogP contribution in [-0.4, -0.2) is 23.7 Å². The predicted octanol–water partition coefficient (Wildman–Crippen LogP) is 0.964. The van der Waals surface area contributed by atoms with Gasteiger partial charge >= 0.3 is 0 Å². The van der Waals surface area contributed by atoms with Crippen LogP contribution in [0.1, 0.15) is 31.4 Å². The van der Waals surface area contributed by atoms with Crippen molar-refractivity contribution >= 4 is 5.91 Å². The number of aliphatic hydroxyl groups excluding tert-OH is 1. The van der Waals surface area contributed by atoms with Crippen molar-refractivity contribution in [3.63, 3.8) is 0 Å². The van der Waals surface area contributed by atoms with Gasteiger partial charge in [-0.05, 0) is 12.0 Å². The third kappa shape index (κ3) is 4.54. The minimum atomic E-state index is -0.299. The monoisotopic (exact) mass is 236 g/mol. The fourth-order valence-electron chi connectivity index (χ4n) is 1.58. The van der Waals surface area contributed by atoms with Crippen LogP contribution in [0.15, 0.2) is 30.3 Å². The first-order chi connectivity index (χ1) is 8.17. The highest BCUT2D eigenvalue weighted by molar-refractivity contribution is 5.77. The van der Waals surface area contributed by atoms with Gasteiger partial charge in [0.05, 0.1) is 12.6 Å². The van der Waals surface area contributed by atoms with Crippen LogP contribution in [0.4, 0.5) is 0 Å². The molecule has 1 amide bonds. The molecule has 0 aliphatic carbocycles. The van der Waals surface area contributed by atoms with Crippen molar-refractivity contribution in [3.8, 4) is 0 Å². The molecule has 0 aliphatic heterocycles. The molecule has 94 valence electrons. The molecule has 0 fully saturated rings. The number of amides is 1. The molecule has 4 nitrogen and oxygen atoms in total. The van der Waals surface area contributed by atoms with Crippen molar-refractivity contribution in [2.24, 2.45) is 5.73 Å². The van der Waals surface area contributed by atoms with Gasteiger partial charge in [-0.3, -0.25) is 4.79 Å². The summed E-state index contributed by atoms with van der Waals surface area (Å²) in [5.74, 6) is -0.123. The second-order valence-corrected chi connectivity index (χ2v) is 4.08. The maximum Gasteiger partial charge on any atom is 0.222 e. The van der Waals surface area contributed by atoms with Gasteiger partial charge in [-0.1, -0.05) is 37.3 Å². The van der Waals surface area contributed by atoms with E-state index in [1.54, 1.807) is 0 Å². The van der Waals surface area contributed by atoms with Gasteiger partial charge in [0.1, 0.15) is 0 Å². The Hall–Kier alpha value is -1.39. The van der Waals surface area contributed by atoms with Gasteiger partial charge in [-0.15, -0.1) is 0 Å². The van der Waals surface area contributed by atoms with E-state index in [1.807, 2.05) is 37.3 Å². The lowest BCUT2D eigenvalue weighted by atomic mass is 10.0. The second kappa shape index (κ2) is 7.04. The van der Waals surface area contributed by atoms with Crippen LogP contribution in [0.5, 0.6) is 0 Å². The number of hydrogen-bond donors (Lipinski definition) is 3. The van der Waals surface area contributed by atoms with Crippen LogP contribution in [0.2, 0.25) is 0 Å². The van der Waals surface area contributed by atoms with Crippen LogP contribution in [0.25, 0.3) is 0 Å². The van der Waals surface area contributed by atoms with Gasteiger partial charge in [0.15, 0.2) is 0 Å². The van der Waals surface area contributed by atoms with Gasteiger partial charge in [0, 0.05) is 12.5 Å². The van der Waals surface area contributed by atoms with Crippen LogP contribution in [0.3, 0.4) is 0 Å².